The highest BCUT2D eigenvalue weighted by Crippen LogP contribution is 2.34. The molecule has 5 nitrogen and oxygen atoms in total. The first-order valence-electron chi connectivity index (χ1n) is 6.77. The van der Waals surface area contributed by atoms with E-state index in [-0.39, 0.29) is 12.0 Å². The summed E-state index contributed by atoms with van der Waals surface area (Å²) in [5, 5.41) is 21.0. The Labute approximate surface area is 109 Å². The molecule has 0 aromatic carbocycles. The molecule has 0 aliphatic carbocycles. The van der Waals surface area contributed by atoms with Crippen LogP contribution in [0.4, 0.5) is 4.79 Å². The zero-order valence-electron chi connectivity index (χ0n) is 11.5. The minimum atomic E-state index is -0.799. The first-order chi connectivity index (χ1) is 8.47. The maximum absolute atomic E-state index is 10.8. The van der Waals surface area contributed by atoms with Gasteiger partial charge >= 0.3 is 6.09 Å². The largest absolute Gasteiger partial charge is 0.465 e. The van der Waals surface area contributed by atoms with E-state index in [1.54, 1.807) is 0 Å². The Bertz CT molecular complexity index is 261. The average Bonchev–Trinajstić information content (AvgIpc) is 2.35. The number of piperidine rings is 1. The molecule has 5 heteroatoms. The Balaban J connectivity index is 2.33. The molecule has 0 aromatic heterocycles. The fourth-order valence-corrected chi connectivity index (χ4v) is 2.61. The average molecular weight is 258 g/mol. The summed E-state index contributed by atoms with van der Waals surface area (Å²) in [6.45, 7) is 7.77. The molecule has 0 aromatic rings. The lowest BCUT2D eigenvalue weighted by Crippen LogP contribution is -2.44. The monoisotopic (exact) mass is 258 g/mol. The second-order valence-corrected chi connectivity index (χ2v) is 5.79. The smallest absolute Gasteiger partial charge is 0.407 e. The quantitative estimate of drug-likeness (QED) is 0.629. The van der Waals surface area contributed by atoms with E-state index in [9.17, 15) is 4.79 Å². The van der Waals surface area contributed by atoms with Crippen molar-refractivity contribution in [2.45, 2.75) is 33.1 Å². The fourth-order valence-electron chi connectivity index (χ4n) is 2.61. The SMILES string of the molecule is CC(C)(CNCCCO)C1CCN(C(=O)O)CC1. The predicted molar refractivity (Wildman–Crippen MR) is 70.7 cm³/mol. The van der Waals surface area contributed by atoms with Gasteiger partial charge in [0.05, 0.1) is 0 Å². The number of hydrogen-bond donors (Lipinski definition) is 3. The molecule has 1 fully saturated rings. The number of carboxylic acid groups (broad SMARTS) is 1. The van der Waals surface area contributed by atoms with Gasteiger partial charge in [-0.1, -0.05) is 13.8 Å². The Morgan fingerprint density at radius 2 is 2.00 bits per heavy atom. The van der Waals surface area contributed by atoms with Crippen LogP contribution in [0.2, 0.25) is 0 Å². The molecule has 0 radical (unpaired) electrons. The fraction of sp³-hybridized carbons (Fsp3) is 0.923. The van der Waals surface area contributed by atoms with E-state index >= 15 is 0 Å². The van der Waals surface area contributed by atoms with Crippen molar-refractivity contribution in [3.63, 3.8) is 0 Å². The molecule has 0 bridgehead atoms. The summed E-state index contributed by atoms with van der Waals surface area (Å²) in [5.41, 5.74) is 0.181. The van der Waals surface area contributed by atoms with Crippen LogP contribution in [0.1, 0.15) is 33.1 Å². The van der Waals surface area contributed by atoms with Crippen molar-refractivity contribution < 1.29 is 15.0 Å². The van der Waals surface area contributed by atoms with Crippen molar-refractivity contribution >= 4 is 6.09 Å². The second kappa shape index (κ2) is 6.95. The molecule has 0 saturated carbocycles. The van der Waals surface area contributed by atoms with Crippen molar-refractivity contribution in [2.75, 3.05) is 32.8 Å². The van der Waals surface area contributed by atoms with Crippen LogP contribution < -0.4 is 5.32 Å². The van der Waals surface area contributed by atoms with Crippen molar-refractivity contribution in [3.8, 4) is 0 Å². The summed E-state index contributed by atoms with van der Waals surface area (Å²) in [6, 6.07) is 0. The van der Waals surface area contributed by atoms with E-state index < -0.39 is 6.09 Å². The minimum absolute atomic E-state index is 0.181. The summed E-state index contributed by atoms with van der Waals surface area (Å²) in [4.78, 5) is 12.4. The lowest BCUT2D eigenvalue weighted by molar-refractivity contribution is 0.0877. The van der Waals surface area contributed by atoms with Gasteiger partial charge < -0.3 is 20.4 Å². The van der Waals surface area contributed by atoms with Gasteiger partial charge in [0, 0.05) is 26.2 Å². The number of nitrogens with zero attached hydrogens (tertiary/aromatic N) is 1. The van der Waals surface area contributed by atoms with Crippen LogP contribution in [-0.4, -0.2) is 54.0 Å². The van der Waals surface area contributed by atoms with E-state index in [2.05, 4.69) is 19.2 Å². The number of amides is 1. The zero-order chi connectivity index (χ0) is 13.6. The molecule has 3 N–H and O–H groups in total. The van der Waals surface area contributed by atoms with Crippen LogP contribution in [0.5, 0.6) is 0 Å². The molecular formula is C13H26N2O3. The van der Waals surface area contributed by atoms with Gasteiger partial charge in [-0.2, -0.15) is 0 Å². The molecule has 0 unspecified atom stereocenters. The Morgan fingerprint density at radius 3 is 2.50 bits per heavy atom. The number of rotatable bonds is 6. The molecule has 0 spiro atoms. The highest BCUT2D eigenvalue weighted by molar-refractivity contribution is 5.64. The summed E-state index contributed by atoms with van der Waals surface area (Å²) in [7, 11) is 0. The number of aliphatic hydroxyl groups excluding tert-OH is 1. The first kappa shape index (κ1) is 15.2. The van der Waals surface area contributed by atoms with Crippen LogP contribution in [0.15, 0.2) is 0 Å². The number of carbonyl (C=O) groups is 1. The third kappa shape index (κ3) is 4.46. The van der Waals surface area contributed by atoms with Gasteiger partial charge in [-0.05, 0) is 37.1 Å². The molecule has 1 aliphatic rings. The minimum Gasteiger partial charge on any atom is -0.465 e. The first-order valence-corrected chi connectivity index (χ1v) is 6.77. The van der Waals surface area contributed by atoms with Crippen LogP contribution in [0.3, 0.4) is 0 Å². The van der Waals surface area contributed by atoms with E-state index in [0.29, 0.717) is 19.0 Å². The molecule has 1 saturated heterocycles. The molecular weight excluding hydrogens is 232 g/mol. The third-order valence-electron chi connectivity index (χ3n) is 3.96. The number of hydrogen-bond acceptors (Lipinski definition) is 3. The number of aliphatic hydroxyl groups is 1. The molecule has 106 valence electrons. The predicted octanol–water partition coefficient (Wildman–Crippen LogP) is 1.37. The van der Waals surface area contributed by atoms with Gasteiger partial charge in [-0.15, -0.1) is 0 Å². The number of nitrogens with one attached hydrogen (secondary N) is 1. The highest BCUT2D eigenvalue weighted by atomic mass is 16.4. The van der Waals surface area contributed by atoms with Gasteiger partial charge in [0.2, 0.25) is 0 Å². The van der Waals surface area contributed by atoms with Crippen molar-refractivity contribution in [1.82, 2.24) is 10.2 Å². The van der Waals surface area contributed by atoms with Gasteiger partial charge in [-0.25, -0.2) is 4.79 Å². The normalized spacial score (nSPS) is 18.1. The highest BCUT2D eigenvalue weighted by Gasteiger charge is 2.33. The van der Waals surface area contributed by atoms with Crippen LogP contribution in [0.25, 0.3) is 0 Å². The molecule has 1 aliphatic heterocycles. The van der Waals surface area contributed by atoms with Crippen LogP contribution in [0, 0.1) is 11.3 Å². The molecule has 18 heavy (non-hydrogen) atoms. The maximum atomic E-state index is 10.8. The lowest BCUT2D eigenvalue weighted by atomic mass is 9.73. The standard InChI is InChI=1S/C13H26N2O3/c1-13(2,10-14-6-3-9-16)11-4-7-15(8-5-11)12(17)18/h11,14,16H,3-10H2,1-2H3,(H,17,18). The van der Waals surface area contributed by atoms with Gasteiger partial charge in [0.15, 0.2) is 0 Å². The van der Waals surface area contributed by atoms with E-state index in [4.69, 9.17) is 10.2 Å². The van der Waals surface area contributed by atoms with E-state index in [1.165, 1.54) is 4.90 Å². The Kier molecular flexibility index (Phi) is 5.88. The second-order valence-electron chi connectivity index (χ2n) is 5.79. The van der Waals surface area contributed by atoms with E-state index in [0.717, 1.165) is 32.4 Å². The molecule has 1 heterocycles. The third-order valence-corrected chi connectivity index (χ3v) is 3.96. The zero-order valence-corrected chi connectivity index (χ0v) is 11.5. The number of likely N-dealkylation sites (tertiary alicyclic amines) is 1. The summed E-state index contributed by atoms with van der Waals surface area (Å²) < 4.78 is 0. The van der Waals surface area contributed by atoms with Gasteiger partial charge in [-0.3, -0.25) is 0 Å². The van der Waals surface area contributed by atoms with Gasteiger partial charge in [0.25, 0.3) is 0 Å². The molecule has 0 atom stereocenters. The van der Waals surface area contributed by atoms with Crippen LogP contribution in [-0.2, 0) is 0 Å². The topological polar surface area (TPSA) is 72.8 Å². The molecule has 1 amide bonds. The maximum Gasteiger partial charge on any atom is 0.407 e. The van der Waals surface area contributed by atoms with Crippen LogP contribution >= 0.6 is 0 Å². The van der Waals surface area contributed by atoms with Crippen molar-refractivity contribution in [1.29, 1.82) is 0 Å². The van der Waals surface area contributed by atoms with Gasteiger partial charge in [0.1, 0.15) is 0 Å². The van der Waals surface area contributed by atoms with Crippen molar-refractivity contribution in [2.24, 2.45) is 11.3 Å². The summed E-state index contributed by atoms with van der Waals surface area (Å²) in [5.74, 6) is 0.565. The summed E-state index contributed by atoms with van der Waals surface area (Å²) >= 11 is 0. The Morgan fingerprint density at radius 1 is 1.39 bits per heavy atom. The molecule has 1 rings (SSSR count). The summed E-state index contributed by atoms with van der Waals surface area (Å²) in [6.07, 6.45) is 1.88. The lowest BCUT2D eigenvalue weighted by Gasteiger charge is -2.40. The Hall–Kier alpha value is -0.810. The van der Waals surface area contributed by atoms with Crippen molar-refractivity contribution in [3.05, 3.63) is 0 Å². The van der Waals surface area contributed by atoms with E-state index in [1.807, 2.05) is 0 Å².